The number of hydrogen-bond donors (Lipinski definition) is 2. The lowest BCUT2D eigenvalue weighted by Gasteiger charge is -2.10. The molecule has 3 aromatic rings. The van der Waals surface area contributed by atoms with E-state index in [1.807, 2.05) is 23.6 Å². The summed E-state index contributed by atoms with van der Waals surface area (Å²) in [5.74, 6) is 0.705. The number of aromatic hydroxyl groups is 1. The Labute approximate surface area is 205 Å². The van der Waals surface area contributed by atoms with Crippen molar-refractivity contribution in [3.63, 3.8) is 0 Å². The zero-order valence-corrected chi connectivity index (χ0v) is 21.3. The number of phenolic OH excluding ortho intramolecular Hbond substituents is 1. The van der Waals surface area contributed by atoms with Crippen LogP contribution in [0, 0.1) is 0 Å². The Morgan fingerprint density at radius 1 is 1.09 bits per heavy atom. The van der Waals surface area contributed by atoms with Crippen LogP contribution in [-0.4, -0.2) is 45.2 Å². The summed E-state index contributed by atoms with van der Waals surface area (Å²) in [5, 5.41) is 28.6. The van der Waals surface area contributed by atoms with Crippen molar-refractivity contribution in [2.75, 3.05) is 14.2 Å². The number of nitrogens with zero attached hydrogens (tertiary/aromatic N) is 3. The molecule has 2 N–H and O–H groups in total. The van der Waals surface area contributed by atoms with Gasteiger partial charge in [-0.25, -0.2) is 4.79 Å². The molecule has 0 radical (unpaired) electrons. The maximum Gasteiger partial charge on any atom is 0.342 e. The molecule has 0 aliphatic heterocycles. The lowest BCUT2D eigenvalue weighted by Crippen LogP contribution is -2.03. The van der Waals surface area contributed by atoms with Gasteiger partial charge in [-0.1, -0.05) is 0 Å². The molecule has 0 atom stereocenters. The molecule has 1 heterocycles. The Bertz CT molecular complexity index is 1150. The van der Waals surface area contributed by atoms with Crippen LogP contribution in [0.15, 0.2) is 49.3 Å². The number of aliphatic carboxylic acids is 1. The zero-order chi connectivity index (χ0) is 23.4. The first-order valence-corrected chi connectivity index (χ1v) is 11.6. The van der Waals surface area contributed by atoms with E-state index in [1.54, 1.807) is 32.4 Å². The van der Waals surface area contributed by atoms with Crippen molar-refractivity contribution in [1.82, 2.24) is 14.8 Å². The Balaban J connectivity index is 2.02. The molecule has 0 aliphatic rings. The van der Waals surface area contributed by atoms with Crippen LogP contribution in [-0.2, 0) is 11.3 Å². The number of thioether (sulfide) groups is 1. The van der Waals surface area contributed by atoms with Crippen molar-refractivity contribution in [2.45, 2.75) is 18.6 Å². The van der Waals surface area contributed by atoms with E-state index in [0.717, 1.165) is 17.3 Å². The second-order valence-electron chi connectivity index (χ2n) is 6.40. The van der Waals surface area contributed by atoms with Gasteiger partial charge >= 0.3 is 5.97 Å². The standard InChI is InChI=1S/C21H19Br2N3O5S/c1-4-26-19(12-8-13(30-2)10-14(9-12)31-3)24-25-21(26)32-17(20(28)29)7-11-5-15(22)18(27)16(23)6-11/h5-10,27H,4H2,1-3H3,(H,28,29)/b17-7-. The highest BCUT2D eigenvalue weighted by Gasteiger charge is 2.19. The second kappa shape index (κ2) is 10.4. The molecule has 8 nitrogen and oxygen atoms in total. The highest BCUT2D eigenvalue weighted by molar-refractivity contribution is 9.11. The van der Waals surface area contributed by atoms with E-state index in [2.05, 4.69) is 42.1 Å². The summed E-state index contributed by atoms with van der Waals surface area (Å²) in [6.07, 6.45) is 1.50. The molecule has 168 valence electrons. The Morgan fingerprint density at radius 2 is 1.69 bits per heavy atom. The van der Waals surface area contributed by atoms with Crippen molar-refractivity contribution in [3.8, 4) is 28.6 Å². The molecule has 0 bridgehead atoms. The van der Waals surface area contributed by atoms with Crippen molar-refractivity contribution in [1.29, 1.82) is 0 Å². The number of rotatable bonds is 8. The fourth-order valence-electron chi connectivity index (χ4n) is 2.85. The predicted molar refractivity (Wildman–Crippen MR) is 129 cm³/mol. The van der Waals surface area contributed by atoms with E-state index >= 15 is 0 Å². The third-order valence-corrected chi connectivity index (χ3v) is 6.60. The number of benzene rings is 2. The van der Waals surface area contributed by atoms with Crippen LogP contribution >= 0.6 is 43.6 Å². The van der Waals surface area contributed by atoms with Gasteiger partial charge in [0.1, 0.15) is 22.2 Å². The summed E-state index contributed by atoms with van der Waals surface area (Å²) >= 11 is 7.50. The molecule has 1 aromatic heterocycles. The van der Waals surface area contributed by atoms with Gasteiger partial charge < -0.3 is 24.3 Å². The minimum absolute atomic E-state index is 0.0377. The fraction of sp³-hybridized carbons (Fsp3) is 0.190. The van der Waals surface area contributed by atoms with Crippen LogP contribution < -0.4 is 9.47 Å². The molecule has 0 fully saturated rings. The van der Waals surface area contributed by atoms with Crippen molar-refractivity contribution >= 4 is 55.7 Å². The van der Waals surface area contributed by atoms with Gasteiger partial charge in [0.25, 0.3) is 0 Å². The Hall–Kier alpha value is -2.50. The number of ether oxygens (including phenoxy) is 2. The van der Waals surface area contributed by atoms with Gasteiger partial charge in [0.15, 0.2) is 11.0 Å². The summed E-state index contributed by atoms with van der Waals surface area (Å²) in [4.78, 5) is 12.0. The molecule has 3 rings (SSSR count). The van der Waals surface area contributed by atoms with Crippen LogP contribution in [0.2, 0.25) is 0 Å². The maximum absolute atomic E-state index is 11.9. The Kier molecular flexibility index (Phi) is 7.86. The largest absolute Gasteiger partial charge is 0.506 e. The third kappa shape index (κ3) is 5.28. The van der Waals surface area contributed by atoms with Gasteiger partial charge in [-0.05, 0) is 86.5 Å². The third-order valence-electron chi connectivity index (χ3n) is 4.39. The Morgan fingerprint density at radius 3 is 2.19 bits per heavy atom. The normalized spacial score (nSPS) is 11.5. The van der Waals surface area contributed by atoms with Gasteiger partial charge in [-0.2, -0.15) is 0 Å². The molecule has 0 saturated carbocycles. The van der Waals surface area contributed by atoms with Gasteiger partial charge in [-0.15, -0.1) is 10.2 Å². The van der Waals surface area contributed by atoms with E-state index in [0.29, 0.717) is 43.5 Å². The van der Waals surface area contributed by atoms with Gasteiger partial charge in [0.2, 0.25) is 0 Å². The quantitative estimate of drug-likeness (QED) is 0.267. The maximum atomic E-state index is 11.9. The smallest absolute Gasteiger partial charge is 0.342 e. The van der Waals surface area contributed by atoms with Crippen LogP contribution in [0.3, 0.4) is 0 Å². The van der Waals surface area contributed by atoms with Crippen molar-refractivity contribution < 1.29 is 24.5 Å². The van der Waals surface area contributed by atoms with E-state index in [-0.39, 0.29) is 10.7 Å². The van der Waals surface area contributed by atoms with E-state index in [4.69, 9.17) is 9.47 Å². The van der Waals surface area contributed by atoms with Gasteiger partial charge in [-0.3, -0.25) is 0 Å². The number of carbonyl (C=O) groups is 1. The highest BCUT2D eigenvalue weighted by Crippen LogP contribution is 2.36. The first-order chi connectivity index (χ1) is 15.3. The van der Waals surface area contributed by atoms with Crippen molar-refractivity contribution in [3.05, 3.63) is 49.7 Å². The average Bonchev–Trinajstić information content (AvgIpc) is 3.18. The zero-order valence-electron chi connectivity index (χ0n) is 17.3. The van der Waals surface area contributed by atoms with Crippen LogP contribution in [0.1, 0.15) is 12.5 Å². The van der Waals surface area contributed by atoms with Crippen LogP contribution in [0.4, 0.5) is 0 Å². The number of phenols is 1. The second-order valence-corrected chi connectivity index (χ2v) is 9.12. The number of methoxy groups -OCH3 is 2. The lowest BCUT2D eigenvalue weighted by molar-refractivity contribution is -0.131. The van der Waals surface area contributed by atoms with E-state index in [9.17, 15) is 15.0 Å². The monoisotopic (exact) mass is 583 g/mol. The summed E-state index contributed by atoms with van der Waals surface area (Å²) in [5.41, 5.74) is 1.32. The lowest BCUT2D eigenvalue weighted by atomic mass is 10.2. The summed E-state index contributed by atoms with van der Waals surface area (Å²) in [6.45, 7) is 2.44. The predicted octanol–water partition coefficient (Wildman–Crippen LogP) is 5.43. The minimum atomic E-state index is -1.11. The first-order valence-electron chi connectivity index (χ1n) is 9.24. The number of halogens is 2. The average molecular weight is 585 g/mol. The molecular formula is C21H19Br2N3O5S. The van der Waals surface area contributed by atoms with Crippen molar-refractivity contribution in [2.24, 2.45) is 0 Å². The number of aromatic nitrogens is 3. The van der Waals surface area contributed by atoms with Gasteiger partial charge in [0, 0.05) is 18.2 Å². The molecule has 11 heteroatoms. The summed E-state index contributed by atoms with van der Waals surface area (Å²) in [6, 6.07) is 8.63. The van der Waals surface area contributed by atoms with Gasteiger partial charge in [0.05, 0.1) is 23.2 Å². The number of carboxylic acid groups (broad SMARTS) is 1. The first kappa shape index (κ1) is 24.1. The highest BCUT2D eigenvalue weighted by atomic mass is 79.9. The van der Waals surface area contributed by atoms with E-state index < -0.39 is 5.97 Å². The van der Waals surface area contributed by atoms with Crippen LogP contribution in [0.5, 0.6) is 17.2 Å². The number of carboxylic acids is 1. The summed E-state index contributed by atoms with van der Waals surface area (Å²) in [7, 11) is 3.13. The minimum Gasteiger partial charge on any atom is -0.506 e. The number of hydrogen-bond acceptors (Lipinski definition) is 7. The molecule has 0 spiro atoms. The van der Waals surface area contributed by atoms with E-state index in [1.165, 1.54) is 6.08 Å². The molecule has 2 aromatic carbocycles. The summed E-state index contributed by atoms with van der Waals surface area (Å²) < 4.78 is 13.4. The fourth-order valence-corrected chi connectivity index (χ4v) is 4.96. The molecule has 0 saturated heterocycles. The molecule has 0 aliphatic carbocycles. The SMILES string of the molecule is CCn1c(S/C(=C\c2cc(Br)c(O)c(Br)c2)C(=O)O)nnc1-c1cc(OC)cc(OC)c1. The molecular weight excluding hydrogens is 566 g/mol. The topological polar surface area (TPSA) is 107 Å². The molecule has 0 amide bonds. The molecule has 32 heavy (non-hydrogen) atoms. The molecule has 0 unspecified atom stereocenters. The van der Waals surface area contributed by atoms with Crippen LogP contribution in [0.25, 0.3) is 17.5 Å².